The molecule has 0 bridgehead atoms. The minimum absolute atomic E-state index is 0.229. The van der Waals surface area contributed by atoms with Crippen molar-refractivity contribution in [1.82, 2.24) is 0 Å². The highest BCUT2D eigenvalue weighted by atomic mass is 32.2. The van der Waals surface area contributed by atoms with Gasteiger partial charge >= 0.3 is 0 Å². The number of rotatable bonds is 3. The van der Waals surface area contributed by atoms with Crippen LogP contribution in [0, 0.1) is 5.41 Å². The van der Waals surface area contributed by atoms with E-state index in [1.165, 1.54) is 6.42 Å². The van der Waals surface area contributed by atoms with E-state index >= 15 is 0 Å². The van der Waals surface area contributed by atoms with E-state index in [0.29, 0.717) is 16.4 Å². The van der Waals surface area contributed by atoms with Gasteiger partial charge in [0.15, 0.2) is 0 Å². The van der Waals surface area contributed by atoms with Crippen LogP contribution in [0.15, 0.2) is 0 Å². The zero-order chi connectivity index (χ0) is 10.8. The molecule has 0 aromatic heterocycles. The van der Waals surface area contributed by atoms with E-state index in [1.807, 2.05) is 0 Å². The Morgan fingerprint density at radius 1 is 1.57 bits per heavy atom. The predicted octanol–water partition coefficient (Wildman–Crippen LogP) is 1.11. The van der Waals surface area contributed by atoms with Crippen LogP contribution in [-0.2, 0) is 4.79 Å². The lowest BCUT2D eigenvalue weighted by Crippen LogP contribution is -2.41. The van der Waals surface area contributed by atoms with Crippen molar-refractivity contribution in [2.24, 2.45) is 16.9 Å². The molecule has 0 spiro atoms. The highest BCUT2D eigenvalue weighted by Gasteiger charge is 2.33. The van der Waals surface area contributed by atoms with Gasteiger partial charge in [0, 0.05) is 11.3 Å². The van der Waals surface area contributed by atoms with Crippen LogP contribution < -0.4 is 11.5 Å². The van der Waals surface area contributed by atoms with E-state index in [2.05, 4.69) is 13.8 Å². The Labute approximate surface area is 90.0 Å². The van der Waals surface area contributed by atoms with Crippen molar-refractivity contribution in [2.45, 2.75) is 44.4 Å². The lowest BCUT2D eigenvalue weighted by molar-refractivity contribution is -0.115. The molecule has 1 amide bonds. The SMILES string of the molecule is CC1(C)CCC(N)C(SCC(N)=O)C1. The van der Waals surface area contributed by atoms with E-state index in [0.717, 1.165) is 12.8 Å². The lowest BCUT2D eigenvalue weighted by Gasteiger charge is -2.38. The van der Waals surface area contributed by atoms with Gasteiger partial charge < -0.3 is 11.5 Å². The Kier molecular flexibility index (Phi) is 3.84. The fourth-order valence-corrected chi connectivity index (χ4v) is 3.24. The molecule has 0 saturated heterocycles. The molecule has 1 aliphatic carbocycles. The highest BCUT2D eigenvalue weighted by Crippen LogP contribution is 2.39. The van der Waals surface area contributed by atoms with E-state index in [4.69, 9.17) is 11.5 Å². The van der Waals surface area contributed by atoms with Gasteiger partial charge in [-0.15, -0.1) is 11.8 Å². The molecule has 3 nitrogen and oxygen atoms in total. The molecular formula is C10H20N2OS. The largest absolute Gasteiger partial charge is 0.369 e. The number of carbonyl (C=O) groups is 1. The van der Waals surface area contributed by atoms with Gasteiger partial charge in [-0.2, -0.15) is 0 Å². The van der Waals surface area contributed by atoms with Gasteiger partial charge in [-0.3, -0.25) is 4.79 Å². The summed E-state index contributed by atoms with van der Waals surface area (Å²) in [6, 6.07) is 0.229. The number of nitrogens with two attached hydrogens (primary N) is 2. The van der Waals surface area contributed by atoms with Gasteiger partial charge in [-0.05, 0) is 24.7 Å². The van der Waals surface area contributed by atoms with Crippen LogP contribution in [0.2, 0.25) is 0 Å². The quantitative estimate of drug-likeness (QED) is 0.742. The standard InChI is InChI=1S/C10H20N2OS/c1-10(2)4-3-7(11)8(5-10)14-6-9(12)13/h7-8H,3-6,11H2,1-2H3,(H2,12,13). The molecule has 4 heteroatoms. The molecule has 1 saturated carbocycles. The molecule has 0 aromatic rings. The van der Waals surface area contributed by atoms with Crippen molar-refractivity contribution in [1.29, 1.82) is 0 Å². The van der Waals surface area contributed by atoms with Crippen LogP contribution in [0.5, 0.6) is 0 Å². The second-order valence-electron chi connectivity index (χ2n) is 4.89. The minimum Gasteiger partial charge on any atom is -0.369 e. The first-order valence-corrected chi connectivity index (χ1v) is 6.11. The molecule has 1 aliphatic rings. The number of thioether (sulfide) groups is 1. The van der Waals surface area contributed by atoms with Crippen LogP contribution in [0.25, 0.3) is 0 Å². The van der Waals surface area contributed by atoms with Crippen molar-refractivity contribution >= 4 is 17.7 Å². The van der Waals surface area contributed by atoms with Crippen LogP contribution in [-0.4, -0.2) is 23.0 Å². The number of primary amides is 1. The van der Waals surface area contributed by atoms with Gasteiger partial charge in [0.2, 0.25) is 5.91 Å². The fraction of sp³-hybridized carbons (Fsp3) is 0.900. The van der Waals surface area contributed by atoms with E-state index in [9.17, 15) is 4.79 Å². The summed E-state index contributed by atoms with van der Waals surface area (Å²) >= 11 is 1.62. The third-order valence-corrected chi connectivity index (χ3v) is 4.22. The average Bonchev–Trinajstić information content (AvgIpc) is 2.06. The number of carbonyl (C=O) groups excluding carboxylic acids is 1. The van der Waals surface area contributed by atoms with Crippen molar-refractivity contribution in [3.63, 3.8) is 0 Å². The zero-order valence-electron chi connectivity index (χ0n) is 8.95. The summed E-state index contributed by atoms with van der Waals surface area (Å²) in [4.78, 5) is 10.7. The molecular weight excluding hydrogens is 196 g/mol. The van der Waals surface area contributed by atoms with E-state index < -0.39 is 0 Å². The Balaban J connectivity index is 2.44. The Bertz CT molecular complexity index is 218. The van der Waals surface area contributed by atoms with Crippen LogP contribution >= 0.6 is 11.8 Å². The molecule has 14 heavy (non-hydrogen) atoms. The number of amides is 1. The third kappa shape index (κ3) is 3.50. The van der Waals surface area contributed by atoms with E-state index in [1.54, 1.807) is 11.8 Å². The molecule has 0 aromatic carbocycles. The van der Waals surface area contributed by atoms with Gasteiger partial charge in [-0.1, -0.05) is 13.8 Å². The van der Waals surface area contributed by atoms with Crippen molar-refractivity contribution < 1.29 is 4.79 Å². The summed E-state index contributed by atoms with van der Waals surface area (Å²) < 4.78 is 0. The van der Waals surface area contributed by atoms with Crippen LogP contribution in [0.4, 0.5) is 0 Å². The zero-order valence-corrected chi connectivity index (χ0v) is 9.77. The molecule has 1 fully saturated rings. The molecule has 0 radical (unpaired) electrons. The smallest absolute Gasteiger partial charge is 0.227 e. The maximum Gasteiger partial charge on any atom is 0.227 e. The van der Waals surface area contributed by atoms with Gasteiger partial charge in [0.25, 0.3) is 0 Å². The van der Waals surface area contributed by atoms with E-state index in [-0.39, 0.29) is 11.9 Å². The monoisotopic (exact) mass is 216 g/mol. The maximum atomic E-state index is 10.7. The molecule has 0 aliphatic heterocycles. The summed E-state index contributed by atoms with van der Waals surface area (Å²) in [6.45, 7) is 4.52. The fourth-order valence-electron chi connectivity index (χ4n) is 1.91. The first-order valence-electron chi connectivity index (χ1n) is 5.06. The topological polar surface area (TPSA) is 69.1 Å². The molecule has 1 rings (SSSR count). The summed E-state index contributed by atoms with van der Waals surface area (Å²) in [7, 11) is 0. The van der Waals surface area contributed by atoms with Crippen molar-refractivity contribution in [3.8, 4) is 0 Å². The predicted molar refractivity (Wildman–Crippen MR) is 61.0 cm³/mol. The second-order valence-corrected chi connectivity index (χ2v) is 6.11. The van der Waals surface area contributed by atoms with Crippen molar-refractivity contribution in [2.75, 3.05) is 5.75 Å². The molecule has 4 N–H and O–H groups in total. The highest BCUT2D eigenvalue weighted by molar-refractivity contribution is 8.00. The van der Waals surface area contributed by atoms with Crippen molar-refractivity contribution in [3.05, 3.63) is 0 Å². The van der Waals surface area contributed by atoms with Gasteiger partial charge in [-0.25, -0.2) is 0 Å². The Hall–Kier alpha value is -0.220. The Morgan fingerprint density at radius 2 is 2.21 bits per heavy atom. The molecule has 2 unspecified atom stereocenters. The molecule has 2 atom stereocenters. The normalized spacial score (nSPS) is 31.4. The van der Waals surface area contributed by atoms with Crippen LogP contribution in [0.1, 0.15) is 33.1 Å². The summed E-state index contributed by atoms with van der Waals surface area (Å²) in [5, 5.41) is 0.395. The number of hydrogen-bond acceptors (Lipinski definition) is 3. The molecule has 82 valence electrons. The first kappa shape index (κ1) is 11.9. The maximum absolute atomic E-state index is 10.7. The summed E-state index contributed by atoms with van der Waals surface area (Å²) in [6.07, 6.45) is 3.33. The summed E-state index contributed by atoms with van der Waals surface area (Å²) in [5.41, 5.74) is 11.5. The second kappa shape index (κ2) is 4.53. The lowest BCUT2D eigenvalue weighted by atomic mass is 9.75. The first-order chi connectivity index (χ1) is 6.41. The van der Waals surface area contributed by atoms with Gasteiger partial charge in [0.05, 0.1) is 5.75 Å². The van der Waals surface area contributed by atoms with Gasteiger partial charge in [0.1, 0.15) is 0 Å². The Morgan fingerprint density at radius 3 is 2.79 bits per heavy atom. The average molecular weight is 216 g/mol. The number of hydrogen-bond donors (Lipinski definition) is 2. The van der Waals surface area contributed by atoms with Crippen LogP contribution in [0.3, 0.4) is 0 Å². The molecule has 0 heterocycles. The minimum atomic E-state index is -0.245. The summed E-state index contributed by atoms with van der Waals surface area (Å²) in [5.74, 6) is 0.152. The third-order valence-electron chi connectivity index (χ3n) is 2.83.